The smallest absolute Gasteiger partial charge is 0.224 e. The van der Waals surface area contributed by atoms with Crippen molar-refractivity contribution in [1.29, 1.82) is 0 Å². The third-order valence-corrected chi connectivity index (χ3v) is 3.07. The molecule has 3 N–H and O–H groups in total. The van der Waals surface area contributed by atoms with Gasteiger partial charge in [-0.15, -0.1) is 0 Å². The Morgan fingerprint density at radius 3 is 2.60 bits per heavy atom. The van der Waals surface area contributed by atoms with Crippen LogP contribution in [0.2, 0.25) is 0 Å². The summed E-state index contributed by atoms with van der Waals surface area (Å²) in [7, 11) is 0. The predicted molar refractivity (Wildman–Crippen MR) is 77.5 cm³/mol. The summed E-state index contributed by atoms with van der Waals surface area (Å²) >= 11 is 0. The second kappa shape index (κ2) is 6.19. The third kappa shape index (κ3) is 3.82. The molecule has 0 heterocycles. The molecule has 0 spiro atoms. The van der Waals surface area contributed by atoms with Gasteiger partial charge in [0.2, 0.25) is 5.91 Å². The molecule has 0 radical (unpaired) electrons. The lowest BCUT2D eigenvalue weighted by Crippen LogP contribution is -2.28. The lowest BCUT2D eigenvalue weighted by Gasteiger charge is -2.15. The molecule has 0 saturated carbocycles. The molecule has 4 heteroatoms. The summed E-state index contributed by atoms with van der Waals surface area (Å²) in [6, 6.07) is 13.2. The van der Waals surface area contributed by atoms with Gasteiger partial charge in [-0.2, -0.15) is 0 Å². The maximum Gasteiger partial charge on any atom is 0.224 e. The minimum absolute atomic E-state index is 0.105. The number of anilines is 1. The Morgan fingerprint density at radius 1 is 1.25 bits per heavy atom. The van der Waals surface area contributed by atoms with Crippen molar-refractivity contribution in [3.05, 3.63) is 65.5 Å². The highest BCUT2D eigenvalue weighted by molar-refractivity contribution is 5.79. The van der Waals surface area contributed by atoms with Crippen LogP contribution in [0.15, 0.2) is 48.5 Å². The van der Waals surface area contributed by atoms with Gasteiger partial charge in [-0.3, -0.25) is 4.79 Å². The minimum atomic E-state index is -0.303. The zero-order chi connectivity index (χ0) is 14.5. The summed E-state index contributed by atoms with van der Waals surface area (Å²) in [5.41, 5.74) is 8.12. The van der Waals surface area contributed by atoms with E-state index in [0.29, 0.717) is 5.69 Å². The van der Waals surface area contributed by atoms with Crippen molar-refractivity contribution >= 4 is 11.6 Å². The SMILES string of the molecule is CC(NC(=O)Cc1ccc(F)cc1)c1cccc(N)c1. The summed E-state index contributed by atoms with van der Waals surface area (Å²) in [5.74, 6) is -0.409. The number of hydrogen-bond acceptors (Lipinski definition) is 2. The Balaban J connectivity index is 1.95. The van der Waals surface area contributed by atoms with E-state index < -0.39 is 0 Å². The van der Waals surface area contributed by atoms with Crippen molar-refractivity contribution in [3.8, 4) is 0 Å². The van der Waals surface area contributed by atoms with E-state index in [2.05, 4.69) is 5.32 Å². The molecule has 0 aliphatic heterocycles. The van der Waals surface area contributed by atoms with E-state index in [0.717, 1.165) is 11.1 Å². The average Bonchev–Trinajstić information content (AvgIpc) is 2.41. The van der Waals surface area contributed by atoms with Crippen LogP contribution in [0.25, 0.3) is 0 Å². The maximum absolute atomic E-state index is 12.8. The van der Waals surface area contributed by atoms with Crippen LogP contribution in [0.1, 0.15) is 24.1 Å². The number of halogens is 1. The normalized spacial score (nSPS) is 11.9. The number of rotatable bonds is 4. The highest BCUT2D eigenvalue weighted by Gasteiger charge is 2.10. The van der Waals surface area contributed by atoms with E-state index in [1.54, 1.807) is 18.2 Å². The third-order valence-electron chi connectivity index (χ3n) is 3.07. The van der Waals surface area contributed by atoms with Crippen molar-refractivity contribution < 1.29 is 9.18 Å². The van der Waals surface area contributed by atoms with Gasteiger partial charge in [-0.25, -0.2) is 4.39 Å². The molecule has 0 aliphatic carbocycles. The van der Waals surface area contributed by atoms with Gasteiger partial charge in [0.15, 0.2) is 0 Å². The molecule has 104 valence electrons. The minimum Gasteiger partial charge on any atom is -0.399 e. The molecular weight excluding hydrogens is 255 g/mol. The Hall–Kier alpha value is -2.36. The van der Waals surface area contributed by atoms with Crippen LogP contribution in [0.4, 0.5) is 10.1 Å². The molecule has 3 nitrogen and oxygen atoms in total. The highest BCUT2D eigenvalue weighted by Crippen LogP contribution is 2.15. The van der Waals surface area contributed by atoms with Crippen LogP contribution in [-0.2, 0) is 11.2 Å². The van der Waals surface area contributed by atoms with E-state index in [-0.39, 0.29) is 24.2 Å². The first-order chi connectivity index (χ1) is 9.54. The lowest BCUT2D eigenvalue weighted by molar-refractivity contribution is -0.121. The van der Waals surface area contributed by atoms with Gasteiger partial charge in [-0.05, 0) is 42.3 Å². The molecule has 0 saturated heterocycles. The van der Waals surface area contributed by atoms with Gasteiger partial charge < -0.3 is 11.1 Å². The molecule has 0 aromatic heterocycles. The fourth-order valence-corrected chi connectivity index (χ4v) is 1.99. The van der Waals surface area contributed by atoms with E-state index in [9.17, 15) is 9.18 Å². The lowest BCUT2D eigenvalue weighted by atomic mass is 10.1. The molecule has 2 aromatic rings. The fourth-order valence-electron chi connectivity index (χ4n) is 1.99. The number of nitrogens with two attached hydrogens (primary N) is 1. The van der Waals surface area contributed by atoms with Crippen LogP contribution in [0.5, 0.6) is 0 Å². The predicted octanol–water partition coefficient (Wildman–Crippen LogP) is 2.83. The van der Waals surface area contributed by atoms with E-state index in [1.807, 2.05) is 25.1 Å². The van der Waals surface area contributed by atoms with Gasteiger partial charge >= 0.3 is 0 Å². The topological polar surface area (TPSA) is 55.1 Å². The van der Waals surface area contributed by atoms with Crippen molar-refractivity contribution in [2.24, 2.45) is 0 Å². The van der Waals surface area contributed by atoms with Gasteiger partial charge in [0.05, 0.1) is 12.5 Å². The van der Waals surface area contributed by atoms with Crippen LogP contribution in [0.3, 0.4) is 0 Å². The number of benzene rings is 2. The van der Waals surface area contributed by atoms with Crippen LogP contribution < -0.4 is 11.1 Å². The van der Waals surface area contributed by atoms with E-state index in [4.69, 9.17) is 5.73 Å². The van der Waals surface area contributed by atoms with Crippen molar-refractivity contribution in [1.82, 2.24) is 5.32 Å². The zero-order valence-corrected chi connectivity index (χ0v) is 11.3. The average molecular weight is 272 g/mol. The number of carbonyl (C=O) groups is 1. The molecule has 0 aliphatic rings. The molecular formula is C16H17FN2O. The maximum atomic E-state index is 12.8. The van der Waals surface area contributed by atoms with Crippen LogP contribution in [0, 0.1) is 5.82 Å². The van der Waals surface area contributed by atoms with Gasteiger partial charge in [0.25, 0.3) is 0 Å². The first-order valence-corrected chi connectivity index (χ1v) is 6.44. The molecule has 1 unspecified atom stereocenters. The van der Waals surface area contributed by atoms with E-state index >= 15 is 0 Å². The molecule has 0 bridgehead atoms. The van der Waals surface area contributed by atoms with Crippen LogP contribution in [-0.4, -0.2) is 5.91 Å². The van der Waals surface area contributed by atoms with Gasteiger partial charge in [0, 0.05) is 5.69 Å². The van der Waals surface area contributed by atoms with Crippen molar-refractivity contribution in [3.63, 3.8) is 0 Å². The molecule has 0 fully saturated rings. The number of nitrogen functional groups attached to an aromatic ring is 1. The van der Waals surface area contributed by atoms with Crippen molar-refractivity contribution in [2.45, 2.75) is 19.4 Å². The number of amides is 1. The largest absolute Gasteiger partial charge is 0.399 e. The molecule has 2 rings (SSSR count). The fraction of sp³-hybridized carbons (Fsp3) is 0.188. The zero-order valence-electron chi connectivity index (χ0n) is 11.3. The Labute approximate surface area is 117 Å². The summed E-state index contributed by atoms with van der Waals surface area (Å²) in [6.07, 6.45) is 0.229. The molecule has 2 aromatic carbocycles. The Kier molecular flexibility index (Phi) is 4.35. The highest BCUT2D eigenvalue weighted by atomic mass is 19.1. The van der Waals surface area contributed by atoms with Gasteiger partial charge in [-0.1, -0.05) is 24.3 Å². The summed E-state index contributed by atoms with van der Waals surface area (Å²) in [4.78, 5) is 11.9. The molecule has 20 heavy (non-hydrogen) atoms. The summed E-state index contributed by atoms with van der Waals surface area (Å²) < 4.78 is 12.8. The number of nitrogens with one attached hydrogen (secondary N) is 1. The van der Waals surface area contributed by atoms with E-state index in [1.165, 1.54) is 12.1 Å². The Bertz CT molecular complexity index is 596. The number of hydrogen-bond donors (Lipinski definition) is 2. The molecule has 1 amide bonds. The summed E-state index contributed by atoms with van der Waals surface area (Å²) in [5, 5.41) is 2.90. The second-order valence-electron chi connectivity index (χ2n) is 4.76. The Morgan fingerprint density at radius 2 is 1.95 bits per heavy atom. The first kappa shape index (κ1) is 14.1. The quantitative estimate of drug-likeness (QED) is 0.841. The van der Waals surface area contributed by atoms with Crippen LogP contribution >= 0.6 is 0 Å². The standard InChI is InChI=1S/C16H17FN2O/c1-11(13-3-2-4-15(18)10-13)19-16(20)9-12-5-7-14(17)8-6-12/h2-8,10-11H,9,18H2,1H3,(H,19,20). The monoisotopic (exact) mass is 272 g/mol. The van der Waals surface area contributed by atoms with Gasteiger partial charge in [0.1, 0.15) is 5.82 Å². The number of carbonyl (C=O) groups excluding carboxylic acids is 1. The first-order valence-electron chi connectivity index (χ1n) is 6.44. The summed E-state index contributed by atoms with van der Waals surface area (Å²) in [6.45, 7) is 1.90. The molecule has 1 atom stereocenters. The van der Waals surface area contributed by atoms with Crippen molar-refractivity contribution in [2.75, 3.05) is 5.73 Å². The second-order valence-corrected chi connectivity index (χ2v) is 4.76.